The molecule has 0 heterocycles. The van der Waals surface area contributed by atoms with Crippen LogP contribution in [0.2, 0.25) is 0 Å². The molecule has 0 saturated heterocycles. The SMILES string of the molecule is CC(C)(C)/C(O)=C/C(=N)NC(=O)Oc1ccccc1. The monoisotopic (exact) mass is 262 g/mol. The summed E-state index contributed by atoms with van der Waals surface area (Å²) in [5.41, 5.74) is -0.475. The Hall–Kier alpha value is -2.30. The average molecular weight is 262 g/mol. The fourth-order valence-electron chi connectivity index (χ4n) is 1.12. The second kappa shape index (κ2) is 6.04. The van der Waals surface area contributed by atoms with Crippen LogP contribution in [-0.4, -0.2) is 17.0 Å². The number of benzene rings is 1. The predicted octanol–water partition coefficient (Wildman–Crippen LogP) is 3.24. The van der Waals surface area contributed by atoms with Crippen LogP contribution in [0.1, 0.15) is 20.8 Å². The van der Waals surface area contributed by atoms with Crippen molar-refractivity contribution in [1.82, 2.24) is 5.32 Å². The van der Waals surface area contributed by atoms with Gasteiger partial charge in [-0.2, -0.15) is 0 Å². The molecule has 0 radical (unpaired) electrons. The van der Waals surface area contributed by atoms with Crippen LogP contribution in [0.15, 0.2) is 42.2 Å². The maximum atomic E-state index is 11.5. The van der Waals surface area contributed by atoms with Gasteiger partial charge in [0, 0.05) is 11.5 Å². The van der Waals surface area contributed by atoms with Crippen LogP contribution in [0, 0.1) is 10.8 Å². The van der Waals surface area contributed by atoms with E-state index in [0.717, 1.165) is 0 Å². The lowest BCUT2D eigenvalue weighted by atomic mass is 9.93. The van der Waals surface area contributed by atoms with Crippen LogP contribution in [-0.2, 0) is 0 Å². The average Bonchev–Trinajstić information content (AvgIpc) is 2.28. The molecule has 0 aliphatic rings. The zero-order valence-electron chi connectivity index (χ0n) is 11.2. The summed E-state index contributed by atoms with van der Waals surface area (Å²) in [7, 11) is 0. The Morgan fingerprint density at radius 1 is 1.32 bits per heavy atom. The standard InChI is InChI=1S/C14H18N2O3/c1-14(2,3)11(17)9-12(15)16-13(18)19-10-7-5-4-6-8-10/h4-9,17H,1-3H3,(H2,15,16,18)/b11-9-. The van der Waals surface area contributed by atoms with Gasteiger partial charge in [0.25, 0.3) is 0 Å². The number of nitrogens with one attached hydrogen (secondary N) is 2. The van der Waals surface area contributed by atoms with Crippen LogP contribution >= 0.6 is 0 Å². The summed E-state index contributed by atoms with van der Waals surface area (Å²) in [4.78, 5) is 11.5. The molecule has 1 aromatic carbocycles. The number of amides is 1. The molecule has 0 unspecified atom stereocenters. The van der Waals surface area contributed by atoms with Gasteiger partial charge in [-0.15, -0.1) is 0 Å². The number of aliphatic hydroxyl groups is 1. The number of rotatable bonds is 2. The molecule has 1 aromatic rings. The summed E-state index contributed by atoms with van der Waals surface area (Å²) in [6.45, 7) is 5.40. The molecule has 0 fully saturated rings. The Labute approximate surface area is 112 Å². The third kappa shape index (κ3) is 5.25. The fourth-order valence-corrected chi connectivity index (χ4v) is 1.12. The highest BCUT2D eigenvalue weighted by Gasteiger charge is 2.17. The zero-order chi connectivity index (χ0) is 14.5. The maximum Gasteiger partial charge on any atom is 0.418 e. The summed E-state index contributed by atoms with van der Waals surface area (Å²) >= 11 is 0. The Morgan fingerprint density at radius 3 is 2.42 bits per heavy atom. The van der Waals surface area contributed by atoms with E-state index in [9.17, 15) is 9.90 Å². The van der Waals surface area contributed by atoms with E-state index in [-0.39, 0.29) is 11.6 Å². The molecule has 5 nitrogen and oxygen atoms in total. The van der Waals surface area contributed by atoms with E-state index in [1.54, 1.807) is 51.1 Å². The van der Waals surface area contributed by atoms with Gasteiger partial charge in [-0.05, 0) is 12.1 Å². The first-order valence-electron chi connectivity index (χ1n) is 5.82. The molecule has 0 aromatic heterocycles. The molecule has 0 bridgehead atoms. The minimum atomic E-state index is -0.769. The molecule has 0 saturated carbocycles. The van der Waals surface area contributed by atoms with Gasteiger partial charge in [0.05, 0.1) is 0 Å². The van der Waals surface area contributed by atoms with E-state index in [1.165, 1.54) is 6.08 Å². The van der Waals surface area contributed by atoms with Crippen molar-refractivity contribution >= 4 is 11.9 Å². The highest BCUT2D eigenvalue weighted by atomic mass is 16.6. The van der Waals surface area contributed by atoms with Crippen LogP contribution in [0.4, 0.5) is 4.79 Å². The van der Waals surface area contributed by atoms with Gasteiger partial charge in [0.15, 0.2) is 0 Å². The van der Waals surface area contributed by atoms with Gasteiger partial charge in [-0.3, -0.25) is 10.7 Å². The first-order chi connectivity index (χ1) is 8.79. The lowest BCUT2D eigenvalue weighted by molar-refractivity contribution is 0.206. The first-order valence-corrected chi connectivity index (χ1v) is 5.82. The van der Waals surface area contributed by atoms with Gasteiger partial charge in [-0.1, -0.05) is 39.0 Å². The van der Waals surface area contributed by atoms with Gasteiger partial charge < -0.3 is 9.84 Å². The molecule has 1 amide bonds. The Bertz CT molecular complexity index is 487. The molecule has 3 N–H and O–H groups in total. The van der Waals surface area contributed by atoms with Gasteiger partial charge in [0.1, 0.15) is 17.3 Å². The highest BCUT2D eigenvalue weighted by molar-refractivity contribution is 6.01. The predicted molar refractivity (Wildman–Crippen MR) is 73.5 cm³/mol. The summed E-state index contributed by atoms with van der Waals surface area (Å²) in [6.07, 6.45) is 0.417. The van der Waals surface area contributed by atoms with Crippen molar-refractivity contribution in [2.45, 2.75) is 20.8 Å². The van der Waals surface area contributed by atoms with Crippen molar-refractivity contribution in [1.29, 1.82) is 5.41 Å². The number of allylic oxidation sites excluding steroid dienone is 1. The Morgan fingerprint density at radius 2 is 1.89 bits per heavy atom. The second-order valence-electron chi connectivity index (χ2n) is 5.02. The third-order valence-corrected chi connectivity index (χ3v) is 2.24. The van der Waals surface area contributed by atoms with Crippen molar-refractivity contribution in [3.05, 3.63) is 42.2 Å². The molecule has 0 aliphatic heterocycles. The van der Waals surface area contributed by atoms with Crippen molar-refractivity contribution in [2.75, 3.05) is 0 Å². The van der Waals surface area contributed by atoms with E-state index in [4.69, 9.17) is 10.1 Å². The van der Waals surface area contributed by atoms with Crippen molar-refractivity contribution in [3.8, 4) is 5.75 Å². The number of hydrogen-bond donors (Lipinski definition) is 3. The smallest absolute Gasteiger partial charge is 0.418 e. The Kier molecular flexibility index (Phi) is 4.69. The van der Waals surface area contributed by atoms with Gasteiger partial charge in [-0.25, -0.2) is 4.79 Å². The number of ether oxygens (including phenoxy) is 1. The minimum Gasteiger partial charge on any atom is -0.512 e. The van der Waals surface area contributed by atoms with Gasteiger partial charge >= 0.3 is 6.09 Å². The molecular weight excluding hydrogens is 244 g/mol. The van der Waals surface area contributed by atoms with Crippen LogP contribution < -0.4 is 10.1 Å². The van der Waals surface area contributed by atoms with E-state index < -0.39 is 11.5 Å². The van der Waals surface area contributed by atoms with Crippen LogP contribution in [0.5, 0.6) is 5.75 Å². The highest BCUT2D eigenvalue weighted by Crippen LogP contribution is 2.21. The molecule has 0 atom stereocenters. The van der Waals surface area contributed by atoms with E-state index >= 15 is 0 Å². The normalized spacial score (nSPS) is 11.8. The topological polar surface area (TPSA) is 82.4 Å². The second-order valence-corrected chi connectivity index (χ2v) is 5.02. The maximum absolute atomic E-state index is 11.5. The number of hydrogen-bond acceptors (Lipinski definition) is 4. The molecular formula is C14H18N2O3. The van der Waals surface area contributed by atoms with E-state index in [0.29, 0.717) is 5.75 Å². The van der Waals surface area contributed by atoms with Crippen LogP contribution in [0.25, 0.3) is 0 Å². The molecule has 0 spiro atoms. The lowest BCUT2D eigenvalue weighted by Gasteiger charge is -2.17. The van der Waals surface area contributed by atoms with E-state index in [2.05, 4.69) is 5.32 Å². The number of aliphatic hydroxyl groups excluding tert-OH is 1. The summed E-state index contributed by atoms with van der Waals surface area (Å²) in [6, 6.07) is 8.53. The first kappa shape index (κ1) is 14.8. The molecule has 1 rings (SSSR count). The fraction of sp³-hybridized carbons (Fsp3) is 0.286. The summed E-state index contributed by atoms with van der Waals surface area (Å²) in [5.74, 6) is 0.169. The quantitative estimate of drug-likeness (QED) is 0.434. The van der Waals surface area contributed by atoms with E-state index in [1.807, 2.05) is 0 Å². The molecule has 5 heteroatoms. The number of carbonyl (C=O) groups is 1. The van der Waals surface area contributed by atoms with Crippen LogP contribution in [0.3, 0.4) is 0 Å². The molecule has 102 valence electrons. The Balaban J connectivity index is 2.56. The van der Waals surface area contributed by atoms with Crippen molar-refractivity contribution in [3.63, 3.8) is 0 Å². The number of amidine groups is 1. The lowest BCUT2D eigenvalue weighted by Crippen LogP contribution is -2.32. The number of para-hydroxylation sites is 1. The van der Waals surface area contributed by atoms with Crippen molar-refractivity contribution in [2.24, 2.45) is 5.41 Å². The summed E-state index contributed by atoms with van der Waals surface area (Å²) in [5, 5.41) is 19.5. The molecule has 0 aliphatic carbocycles. The zero-order valence-corrected chi connectivity index (χ0v) is 11.2. The number of carbonyl (C=O) groups excluding carboxylic acids is 1. The molecule has 19 heavy (non-hydrogen) atoms. The largest absolute Gasteiger partial charge is 0.512 e. The summed E-state index contributed by atoms with van der Waals surface area (Å²) < 4.78 is 4.95. The minimum absolute atomic E-state index is 0.0116. The van der Waals surface area contributed by atoms with Crippen molar-refractivity contribution < 1.29 is 14.6 Å². The third-order valence-electron chi connectivity index (χ3n) is 2.24. The van der Waals surface area contributed by atoms with Gasteiger partial charge in [0.2, 0.25) is 0 Å².